The van der Waals surface area contributed by atoms with Crippen molar-refractivity contribution in [2.75, 3.05) is 13.2 Å². The molecule has 0 radical (unpaired) electrons. The quantitative estimate of drug-likeness (QED) is 0.0790. The number of aliphatic hydroxyl groups excluding tert-OH is 20. The molecule has 3 heterocycles. The van der Waals surface area contributed by atoms with Gasteiger partial charge in [-0.3, -0.25) is 19.2 Å². The largest absolute Gasteiger partial charge is 0.492 e. The van der Waals surface area contributed by atoms with Gasteiger partial charge in [-0.05, 0) is 31.4 Å². The average Bonchev–Trinajstić information content (AvgIpc) is 0.832. The smallest absolute Gasteiger partial charge is 0.335 e. The number of carboxylic acids is 2. The van der Waals surface area contributed by atoms with Crippen molar-refractivity contribution in [1.82, 2.24) is 0 Å². The van der Waals surface area contributed by atoms with Crippen LogP contribution in [0.15, 0.2) is 23.7 Å². The van der Waals surface area contributed by atoms with E-state index in [2.05, 4.69) is 0 Å². The van der Waals surface area contributed by atoms with E-state index >= 15 is 0 Å². The summed E-state index contributed by atoms with van der Waals surface area (Å²) in [7, 11) is 0. The van der Waals surface area contributed by atoms with Gasteiger partial charge in [-0.1, -0.05) is 152 Å². The molecule has 0 aromatic heterocycles. The minimum atomic E-state index is -2.27. The van der Waals surface area contributed by atoms with Gasteiger partial charge in [0.05, 0.1) is 36.9 Å². The highest BCUT2D eigenvalue weighted by molar-refractivity contribution is 5.92. The molecule has 3 aliphatic rings. The Morgan fingerprint density at radius 2 is 0.722 bits per heavy atom. The van der Waals surface area contributed by atoms with E-state index in [1.165, 1.54) is 47.6 Å². The third-order valence-corrected chi connectivity index (χ3v) is 14.7. The summed E-state index contributed by atoms with van der Waals surface area (Å²) in [6.07, 6.45) is -24.7. The summed E-state index contributed by atoms with van der Waals surface area (Å²) in [6.45, 7) is 40.7. The molecule has 0 spiro atoms. The predicted molar refractivity (Wildman–Crippen MR) is 350 cm³/mol. The van der Waals surface area contributed by atoms with E-state index in [4.69, 9.17) is 60.2 Å². The van der Waals surface area contributed by atoms with E-state index in [-0.39, 0.29) is 34.2 Å². The maximum Gasteiger partial charge on any atom is 0.335 e. The van der Waals surface area contributed by atoms with Crippen LogP contribution in [0.3, 0.4) is 0 Å². The van der Waals surface area contributed by atoms with Crippen LogP contribution in [-0.4, -0.2) is 295 Å². The molecule has 22 N–H and O–H groups in total. The van der Waals surface area contributed by atoms with Gasteiger partial charge in [0.2, 0.25) is 0 Å². The molecule has 22 unspecified atom stereocenters. The van der Waals surface area contributed by atoms with Gasteiger partial charge in [0.25, 0.3) is 0 Å². The number of ketones is 4. The lowest BCUT2D eigenvalue weighted by Crippen LogP contribution is -2.59. The highest BCUT2D eigenvalue weighted by Crippen LogP contribution is 2.35. The number of aliphatic carboxylic acids is 2. The maximum atomic E-state index is 11.6. The van der Waals surface area contributed by atoms with Crippen molar-refractivity contribution in [3.8, 4) is 0 Å². The highest BCUT2D eigenvalue weighted by atomic mass is 16.5. The first-order chi connectivity index (χ1) is 43.1. The normalized spacial score (nSPS) is 26.5. The second-order valence-electron chi connectivity index (χ2n) is 31.4. The zero-order valence-electron chi connectivity index (χ0n) is 61.0. The number of carbonyl (C=O) groups excluding carboxylic acids is 4. The van der Waals surface area contributed by atoms with Crippen molar-refractivity contribution < 1.29 is 155 Å². The Labute approximate surface area is 570 Å². The summed E-state index contributed by atoms with van der Waals surface area (Å²) in [5, 5.41) is 202. The Balaban J connectivity index is -0.000000522. The summed E-state index contributed by atoms with van der Waals surface area (Å²) in [6, 6.07) is 0. The predicted octanol–water partition coefficient (Wildman–Crippen LogP) is -2.06. The second-order valence-corrected chi connectivity index (χ2v) is 31.4. The fraction of sp³-hybridized carbons (Fsp3) is 0.848. The van der Waals surface area contributed by atoms with Crippen LogP contribution in [0.1, 0.15) is 173 Å². The molecule has 0 aromatic carbocycles. The summed E-state index contributed by atoms with van der Waals surface area (Å²) in [4.78, 5) is 65.9. The Morgan fingerprint density at radius 1 is 0.402 bits per heavy atom. The van der Waals surface area contributed by atoms with Crippen LogP contribution in [0.2, 0.25) is 0 Å². The van der Waals surface area contributed by atoms with Gasteiger partial charge in [0.15, 0.2) is 35.3 Å². The molecular formula is C66H124O31. The molecule has 0 aromatic rings. The number of Topliss-reactive ketones (excluding diaryl/α,β-unsaturated/α-hetero) is 4. The molecule has 1 fully saturated rings. The van der Waals surface area contributed by atoms with Crippen molar-refractivity contribution in [1.29, 1.82) is 0 Å². The third-order valence-electron chi connectivity index (χ3n) is 14.7. The number of ether oxygens (including phenoxy) is 3. The molecule has 0 amide bonds. The van der Waals surface area contributed by atoms with Gasteiger partial charge < -0.3 is 127 Å². The SMILES string of the molecule is CC(C)(C)C(=O)C(O)C(O)C(=O)O.CC(C)(C)C(=O)C(O)C(O)C(O)C(O)C(=O)O.CC(C)(C)C(=O)C(O)C(O)C(O)C(O)CO.CC(C)(C)C(=O)C(O)CO.CC1=CC(O)C(O)C(C(C)(C)C)O1.CC1OC(C(C)(C)C)C(O)C(O)C1O.CCC1=CC(O)C(O)C(C(C)(C)C)O1. The molecule has 0 saturated carbocycles. The van der Waals surface area contributed by atoms with Crippen LogP contribution in [0.25, 0.3) is 0 Å². The van der Waals surface area contributed by atoms with Crippen LogP contribution in [-0.2, 0) is 43.0 Å². The molecule has 3 rings (SSSR count). The molecule has 0 bridgehead atoms. The first-order valence-corrected chi connectivity index (χ1v) is 31.6. The first kappa shape index (κ1) is 99.2. The van der Waals surface area contributed by atoms with Crippen molar-refractivity contribution in [3.05, 3.63) is 23.7 Å². The summed E-state index contributed by atoms with van der Waals surface area (Å²) in [5.74, 6) is -4.35. The van der Waals surface area contributed by atoms with Gasteiger partial charge in [-0.25, -0.2) is 9.59 Å². The lowest BCUT2D eigenvalue weighted by molar-refractivity contribution is -0.239. The first-order valence-electron chi connectivity index (χ1n) is 31.6. The van der Waals surface area contributed by atoms with Crippen LogP contribution < -0.4 is 0 Å². The van der Waals surface area contributed by atoms with Crippen LogP contribution in [0.5, 0.6) is 0 Å². The van der Waals surface area contributed by atoms with E-state index < -0.39 is 186 Å². The molecule has 31 heteroatoms. The Hall–Kier alpha value is -4.14. The molecule has 22 atom stereocenters. The number of carboxylic acid groups (broad SMARTS) is 2. The molecular weight excluding hydrogens is 1290 g/mol. The van der Waals surface area contributed by atoms with Gasteiger partial charge in [-0.15, -0.1) is 0 Å². The van der Waals surface area contributed by atoms with Crippen LogP contribution in [0.4, 0.5) is 0 Å². The Morgan fingerprint density at radius 3 is 1.02 bits per heavy atom. The molecule has 0 aliphatic carbocycles. The Kier molecular flexibility index (Phi) is 42.0. The standard InChI is InChI=1S/C11H20O3.C10H18O7.C10H20O6.C10H20O4.C10H18O3.C8H14O5.C7H14O3/c1-5-7-6-8(12)9(13)10(14-7)11(2,3)4;1-10(2,3)8(15)6(13)4(11)5(12)7(14)9(16)17;1-10(2,3)9(16)8(15)7(14)6(13)5(12)4-11;1-5-6(11)7(12)8(13)9(14-5)10(2,3)4;1-6-5-7(11)8(12)9(13-6)10(2,3)4;1-8(2,3)6(11)4(9)5(10)7(12)13;1-7(2,3)6(10)5(9)4-8/h6,8-10,12-13H,5H2,1-4H3;4-7,11-14H,1-3H3,(H,16,17);5-8,11-15H,4H2,1-3H3;5-9,11-13H,1-4H3;5,7-9,11-12H,1-4H3;4-5,9-10H,1-3H3,(H,12,13);5,8-9H,4H2,1-3H3. The molecule has 574 valence electrons. The molecule has 97 heavy (non-hydrogen) atoms. The third kappa shape index (κ3) is 33.9. The van der Waals surface area contributed by atoms with E-state index in [1.807, 2.05) is 69.2 Å². The number of allylic oxidation sites excluding steroid dienone is 2. The lowest BCUT2D eigenvalue weighted by atomic mass is 9.80. The van der Waals surface area contributed by atoms with Crippen LogP contribution >= 0.6 is 0 Å². The monoisotopic (exact) mass is 1410 g/mol. The van der Waals surface area contributed by atoms with E-state index in [0.717, 1.165) is 12.2 Å². The van der Waals surface area contributed by atoms with Gasteiger partial charge in [0.1, 0.15) is 110 Å². The number of aliphatic hydroxyl groups is 20. The average molecular weight is 1410 g/mol. The van der Waals surface area contributed by atoms with Crippen molar-refractivity contribution in [2.24, 2.45) is 37.9 Å². The zero-order chi connectivity index (χ0) is 78.5. The number of hydrogen-bond donors (Lipinski definition) is 22. The van der Waals surface area contributed by atoms with Crippen molar-refractivity contribution in [3.63, 3.8) is 0 Å². The minimum absolute atomic E-state index is 0.171. The summed E-state index contributed by atoms with van der Waals surface area (Å²) in [5.41, 5.74) is -3.86. The van der Waals surface area contributed by atoms with Crippen LogP contribution in [0, 0.1) is 37.9 Å². The van der Waals surface area contributed by atoms with Crippen molar-refractivity contribution >= 4 is 35.1 Å². The second kappa shape index (κ2) is 41.1. The maximum absolute atomic E-state index is 11.6. The fourth-order valence-electron chi connectivity index (χ4n) is 8.46. The number of hydrogen-bond acceptors (Lipinski definition) is 29. The lowest BCUT2D eigenvalue weighted by Gasteiger charge is -2.44. The Bertz CT molecular complexity index is 2430. The minimum Gasteiger partial charge on any atom is -0.492 e. The van der Waals surface area contributed by atoms with E-state index in [9.17, 15) is 95.2 Å². The van der Waals surface area contributed by atoms with E-state index in [0.29, 0.717) is 5.76 Å². The van der Waals surface area contributed by atoms with Gasteiger partial charge >= 0.3 is 11.9 Å². The highest BCUT2D eigenvalue weighted by Gasteiger charge is 2.47. The van der Waals surface area contributed by atoms with Crippen molar-refractivity contribution in [2.45, 2.75) is 307 Å². The molecule has 31 nitrogen and oxygen atoms in total. The molecule has 1 saturated heterocycles. The fourth-order valence-corrected chi connectivity index (χ4v) is 8.46. The zero-order valence-corrected chi connectivity index (χ0v) is 61.0. The summed E-state index contributed by atoms with van der Waals surface area (Å²) >= 11 is 0. The number of rotatable bonds is 16. The topological polar surface area (TPSA) is 575 Å². The number of carbonyl (C=O) groups is 6. The summed E-state index contributed by atoms with van der Waals surface area (Å²) < 4.78 is 16.6. The molecule has 3 aliphatic heterocycles. The van der Waals surface area contributed by atoms with Gasteiger partial charge in [-0.2, -0.15) is 0 Å². The van der Waals surface area contributed by atoms with Gasteiger partial charge in [0, 0.05) is 38.9 Å². The van der Waals surface area contributed by atoms with E-state index in [1.54, 1.807) is 61.5 Å².